The molecule has 0 aromatic rings. The zero-order valence-electron chi connectivity index (χ0n) is 15.7. The number of hydrogen-bond donors (Lipinski definition) is 3. The summed E-state index contributed by atoms with van der Waals surface area (Å²) in [4.78, 5) is 34.4. The van der Waals surface area contributed by atoms with Gasteiger partial charge in [-0.1, -0.05) is 27.4 Å². The minimum Gasteiger partial charge on any atom is -0.460 e. The van der Waals surface area contributed by atoms with Gasteiger partial charge in [-0.25, -0.2) is 9.59 Å². The number of nitrogens with one attached hydrogen (secondary N) is 3. The van der Waals surface area contributed by atoms with Crippen LogP contribution in [0.15, 0.2) is 12.2 Å². The second kappa shape index (κ2) is 12.3. The molecule has 0 heterocycles. The smallest absolute Gasteiger partial charge is 0.333 e. The largest absolute Gasteiger partial charge is 0.460 e. The average molecular weight is 357 g/mol. The van der Waals surface area contributed by atoms with E-state index in [4.69, 9.17) is 9.47 Å². The quantitative estimate of drug-likeness (QED) is 0.274. The van der Waals surface area contributed by atoms with Gasteiger partial charge in [-0.2, -0.15) is 0 Å². The average Bonchev–Trinajstić information content (AvgIpc) is 2.57. The van der Waals surface area contributed by atoms with E-state index < -0.39 is 5.97 Å². The maximum absolute atomic E-state index is 11.8. The second-order valence-electron chi connectivity index (χ2n) is 6.20. The van der Waals surface area contributed by atoms with Crippen molar-refractivity contribution in [1.82, 2.24) is 16.0 Å². The number of rotatable bonds is 12. The van der Waals surface area contributed by atoms with Crippen molar-refractivity contribution in [2.45, 2.75) is 34.1 Å². The van der Waals surface area contributed by atoms with Crippen LogP contribution in [0.4, 0.5) is 4.79 Å². The zero-order valence-corrected chi connectivity index (χ0v) is 15.7. The fraction of sp³-hybridized carbons (Fsp3) is 0.706. The maximum Gasteiger partial charge on any atom is 0.333 e. The summed E-state index contributed by atoms with van der Waals surface area (Å²) in [6.45, 7) is 12.6. The summed E-state index contributed by atoms with van der Waals surface area (Å²) in [5.41, 5.74) is -0.0609. The standard InChI is InChI=1S/C17H31N3O5/c1-6-17(4,5)15(22)18-7-10-24-11-8-19-16(23)20-9-12-25-14(21)13(2)3/h2,6-12H2,1,3-5H3,(H,18,22)(H2,19,20,23). The highest BCUT2D eigenvalue weighted by Gasteiger charge is 2.24. The highest BCUT2D eigenvalue weighted by molar-refractivity contribution is 5.86. The van der Waals surface area contributed by atoms with Gasteiger partial charge in [-0.05, 0) is 13.3 Å². The van der Waals surface area contributed by atoms with Crippen LogP contribution in [0, 0.1) is 5.41 Å². The lowest BCUT2D eigenvalue weighted by Crippen LogP contribution is -2.40. The summed E-state index contributed by atoms with van der Waals surface area (Å²) in [7, 11) is 0. The van der Waals surface area contributed by atoms with Crippen molar-refractivity contribution in [3.8, 4) is 0 Å². The molecule has 144 valence electrons. The maximum atomic E-state index is 11.8. The van der Waals surface area contributed by atoms with Gasteiger partial charge in [-0.15, -0.1) is 0 Å². The van der Waals surface area contributed by atoms with Crippen LogP contribution in [0.3, 0.4) is 0 Å². The number of hydrogen-bond acceptors (Lipinski definition) is 5. The van der Waals surface area contributed by atoms with Crippen molar-refractivity contribution >= 4 is 17.9 Å². The summed E-state index contributed by atoms with van der Waals surface area (Å²) in [5, 5.41) is 7.97. The van der Waals surface area contributed by atoms with E-state index in [2.05, 4.69) is 22.5 Å². The van der Waals surface area contributed by atoms with Crippen molar-refractivity contribution in [3.05, 3.63) is 12.2 Å². The number of amides is 3. The van der Waals surface area contributed by atoms with E-state index in [9.17, 15) is 14.4 Å². The molecule has 0 rings (SSSR count). The highest BCUT2D eigenvalue weighted by Crippen LogP contribution is 2.18. The highest BCUT2D eigenvalue weighted by atomic mass is 16.5. The summed E-state index contributed by atoms with van der Waals surface area (Å²) < 4.78 is 10.2. The van der Waals surface area contributed by atoms with Gasteiger partial charge in [0.15, 0.2) is 0 Å². The van der Waals surface area contributed by atoms with Crippen LogP contribution in [0.2, 0.25) is 0 Å². The van der Waals surface area contributed by atoms with Gasteiger partial charge in [0.1, 0.15) is 6.61 Å². The normalized spacial score (nSPS) is 10.7. The van der Waals surface area contributed by atoms with Gasteiger partial charge in [0.2, 0.25) is 5.91 Å². The third-order valence-corrected chi connectivity index (χ3v) is 3.53. The first kappa shape index (κ1) is 22.9. The number of ether oxygens (including phenoxy) is 2. The van der Waals surface area contributed by atoms with Gasteiger partial charge >= 0.3 is 12.0 Å². The monoisotopic (exact) mass is 357 g/mol. The lowest BCUT2D eigenvalue weighted by atomic mass is 9.89. The van der Waals surface area contributed by atoms with Crippen LogP contribution in [0.1, 0.15) is 34.1 Å². The molecule has 0 aromatic carbocycles. The molecule has 0 radical (unpaired) electrons. The predicted molar refractivity (Wildman–Crippen MR) is 95.1 cm³/mol. The topological polar surface area (TPSA) is 106 Å². The van der Waals surface area contributed by atoms with E-state index in [0.717, 1.165) is 6.42 Å². The Kier molecular flexibility index (Phi) is 11.3. The van der Waals surface area contributed by atoms with Crippen molar-refractivity contribution in [3.63, 3.8) is 0 Å². The van der Waals surface area contributed by atoms with Crippen LogP contribution >= 0.6 is 0 Å². The van der Waals surface area contributed by atoms with E-state index in [1.165, 1.54) is 0 Å². The molecule has 0 bridgehead atoms. The first-order valence-electron chi connectivity index (χ1n) is 8.41. The molecule has 0 aromatic heterocycles. The summed E-state index contributed by atoms with van der Waals surface area (Å²) in [6.07, 6.45) is 0.769. The summed E-state index contributed by atoms with van der Waals surface area (Å²) >= 11 is 0. The van der Waals surface area contributed by atoms with E-state index in [1.807, 2.05) is 20.8 Å². The second-order valence-corrected chi connectivity index (χ2v) is 6.20. The number of carbonyl (C=O) groups is 3. The Labute approximate surface area is 149 Å². The van der Waals surface area contributed by atoms with Gasteiger partial charge in [-0.3, -0.25) is 4.79 Å². The van der Waals surface area contributed by atoms with E-state index in [1.54, 1.807) is 6.92 Å². The van der Waals surface area contributed by atoms with Crippen molar-refractivity contribution < 1.29 is 23.9 Å². The molecule has 0 aliphatic carbocycles. The molecule has 8 heteroatoms. The molecule has 25 heavy (non-hydrogen) atoms. The summed E-state index contributed by atoms with van der Waals surface area (Å²) in [5.74, 6) is -0.478. The fourth-order valence-corrected chi connectivity index (χ4v) is 1.47. The lowest BCUT2D eigenvalue weighted by molar-refractivity contribution is -0.138. The van der Waals surface area contributed by atoms with Gasteiger partial charge in [0.25, 0.3) is 0 Å². The molecule has 0 aliphatic rings. The van der Waals surface area contributed by atoms with Crippen molar-refractivity contribution in [2.24, 2.45) is 5.41 Å². The molecule has 0 aliphatic heterocycles. The molecular formula is C17H31N3O5. The molecule has 3 amide bonds. The Morgan fingerprint density at radius 3 is 2.00 bits per heavy atom. The van der Waals surface area contributed by atoms with Crippen LogP contribution in [-0.4, -0.2) is 57.4 Å². The molecule has 0 atom stereocenters. The predicted octanol–water partition coefficient (Wildman–Crippen LogP) is 0.974. The number of urea groups is 1. The SMILES string of the molecule is C=C(C)C(=O)OCCNC(=O)NCCOCCNC(=O)C(C)(C)CC. The molecular weight excluding hydrogens is 326 g/mol. The Morgan fingerprint density at radius 2 is 1.48 bits per heavy atom. The van der Waals surface area contributed by atoms with Crippen LogP contribution in [0.5, 0.6) is 0 Å². The minimum absolute atomic E-state index is 0.00320. The van der Waals surface area contributed by atoms with Crippen molar-refractivity contribution in [1.29, 1.82) is 0 Å². The molecule has 0 unspecified atom stereocenters. The van der Waals surface area contributed by atoms with Gasteiger partial charge in [0, 0.05) is 24.1 Å². The first-order valence-corrected chi connectivity index (χ1v) is 8.41. The van der Waals surface area contributed by atoms with E-state index >= 15 is 0 Å². The Balaban J connectivity index is 3.54. The Hall–Kier alpha value is -2.09. The van der Waals surface area contributed by atoms with E-state index in [-0.39, 0.29) is 30.5 Å². The molecule has 3 N–H and O–H groups in total. The third kappa shape index (κ3) is 11.1. The van der Waals surface area contributed by atoms with Gasteiger partial charge in [0.05, 0.1) is 19.8 Å². The van der Waals surface area contributed by atoms with E-state index in [0.29, 0.717) is 31.9 Å². The molecule has 0 saturated carbocycles. The zero-order chi connectivity index (χ0) is 19.3. The fourth-order valence-electron chi connectivity index (χ4n) is 1.47. The minimum atomic E-state index is -0.481. The van der Waals surface area contributed by atoms with Crippen LogP contribution in [0.25, 0.3) is 0 Å². The van der Waals surface area contributed by atoms with Crippen molar-refractivity contribution in [2.75, 3.05) is 39.5 Å². The van der Waals surface area contributed by atoms with Gasteiger partial charge < -0.3 is 25.4 Å². The molecule has 0 fully saturated rings. The third-order valence-electron chi connectivity index (χ3n) is 3.53. The summed E-state index contributed by atoms with van der Waals surface area (Å²) in [6, 6.07) is -0.368. The first-order chi connectivity index (χ1) is 11.7. The number of esters is 1. The van der Waals surface area contributed by atoms with Crippen LogP contribution < -0.4 is 16.0 Å². The Morgan fingerprint density at radius 1 is 0.960 bits per heavy atom. The Bertz CT molecular complexity index is 463. The molecule has 8 nitrogen and oxygen atoms in total. The lowest BCUT2D eigenvalue weighted by Gasteiger charge is -2.21. The number of carbonyl (C=O) groups excluding carboxylic acids is 3. The van der Waals surface area contributed by atoms with Crippen LogP contribution in [-0.2, 0) is 19.1 Å². The molecule has 0 saturated heterocycles. The molecule has 0 spiro atoms.